The van der Waals surface area contributed by atoms with Crippen LogP contribution in [-0.4, -0.2) is 30.5 Å². The first-order chi connectivity index (χ1) is 10.6. The summed E-state index contributed by atoms with van der Waals surface area (Å²) in [4.78, 5) is 12.5. The molecule has 0 bridgehead atoms. The number of aliphatic carboxylic acids is 1. The number of methoxy groups -OCH3 is 2. The minimum atomic E-state index is -0.848. The first-order valence-electron chi connectivity index (χ1n) is 6.79. The Morgan fingerprint density at radius 3 is 2.45 bits per heavy atom. The van der Waals surface area contributed by atoms with Crippen molar-refractivity contribution in [2.75, 3.05) is 14.2 Å². The smallest absolute Gasteiger partial charge is 0.317 e. The Morgan fingerprint density at radius 1 is 1.14 bits per heavy atom. The average molecular weight is 318 g/mol. The van der Waals surface area contributed by atoms with Gasteiger partial charge in [-0.15, -0.1) is 11.8 Å². The van der Waals surface area contributed by atoms with Gasteiger partial charge in [-0.3, -0.25) is 4.79 Å². The zero-order valence-electron chi connectivity index (χ0n) is 12.5. The number of benzene rings is 2. The highest BCUT2D eigenvalue weighted by Gasteiger charge is 2.21. The first kappa shape index (κ1) is 16.2. The molecule has 0 spiro atoms. The Labute approximate surface area is 134 Å². The van der Waals surface area contributed by atoms with Gasteiger partial charge in [0.05, 0.1) is 14.2 Å². The largest absolute Gasteiger partial charge is 0.497 e. The van der Waals surface area contributed by atoms with E-state index in [1.54, 1.807) is 26.4 Å². The van der Waals surface area contributed by atoms with Crippen molar-refractivity contribution < 1.29 is 19.4 Å². The van der Waals surface area contributed by atoms with Crippen LogP contribution in [0.4, 0.5) is 0 Å². The summed E-state index contributed by atoms with van der Waals surface area (Å²) in [5.41, 5.74) is 0.817. The fourth-order valence-electron chi connectivity index (χ4n) is 2.08. The van der Waals surface area contributed by atoms with Crippen LogP contribution in [0.3, 0.4) is 0 Å². The van der Waals surface area contributed by atoms with Crippen molar-refractivity contribution in [3.8, 4) is 11.5 Å². The van der Waals surface area contributed by atoms with Crippen LogP contribution in [0.2, 0.25) is 0 Å². The second-order valence-corrected chi connectivity index (χ2v) is 5.92. The fraction of sp³-hybridized carbons (Fsp3) is 0.235. The molecule has 0 aliphatic carbocycles. The third-order valence-electron chi connectivity index (χ3n) is 3.19. The van der Waals surface area contributed by atoms with Crippen molar-refractivity contribution in [1.82, 2.24) is 0 Å². The number of hydrogen-bond donors (Lipinski definition) is 1. The second kappa shape index (κ2) is 7.75. The van der Waals surface area contributed by atoms with Gasteiger partial charge in [0.1, 0.15) is 16.7 Å². The molecule has 0 aliphatic heterocycles. The molecular formula is C17H18O4S. The molecule has 1 unspecified atom stereocenters. The Bertz CT molecular complexity index is 628. The van der Waals surface area contributed by atoms with Crippen molar-refractivity contribution in [1.29, 1.82) is 0 Å². The number of carboxylic acid groups (broad SMARTS) is 1. The molecule has 2 aromatic carbocycles. The van der Waals surface area contributed by atoms with E-state index in [2.05, 4.69) is 0 Å². The number of ether oxygens (including phenoxy) is 2. The monoisotopic (exact) mass is 318 g/mol. The molecule has 0 fully saturated rings. The zero-order chi connectivity index (χ0) is 15.9. The molecule has 0 saturated heterocycles. The molecule has 22 heavy (non-hydrogen) atoms. The Hall–Kier alpha value is -2.14. The summed E-state index contributed by atoms with van der Waals surface area (Å²) in [7, 11) is 3.16. The molecule has 0 aliphatic rings. The van der Waals surface area contributed by atoms with Gasteiger partial charge in [-0.2, -0.15) is 0 Å². The maximum absolute atomic E-state index is 11.6. The lowest BCUT2D eigenvalue weighted by Crippen LogP contribution is -2.19. The van der Waals surface area contributed by atoms with E-state index in [0.717, 1.165) is 10.5 Å². The quantitative estimate of drug-likeness (QED) is 0.792. The molecule has 4 nitrogen and oxygen atoms in total. The lowest BCUT2D eigenvalue weighted by molar-refractivity contribution is -0.136. The summed E-state index contributed by atoms with van der Waals surface area (Å²) in [6, 6.07) is 14.9. The minimum absolute atomic E-state index is 0.356. The van der Waals surface area contributed by atoms with E-state index < -0.39 is 11.2 Å². The highest BCUT2D eigenvalue weighted by atomic mass is 32.2. The van der Waals surface area contributed by atoms with Gasteiger partial charge in [0.15, 0.2) is 0 Å². The van der Waals surface area contributed by atoms with Crippen LogP contribution in [-0.2, 0) is 11.2 Å². The topological polar surface area (TPSA) is 55.8 Å². The Morgan fingerprint density at radius 2 is 1.86 bits per heavy atom. The van der Waals surface area contributed by atoms with Gasteiger partial charge in [-0.25, -0.2) is 0 Å². The summed E-state index contributed by atoms with van der Waals surface area (Å²) < 4.78 is 10.5. The summed E-state index contributed by atoms with van der Waals surface area (Å²) in [6.07, 6.45) is 0.356. The van der Waals surface area contributed by atoms with Crippen LogP contribution < -0.4 is 9.47 Å². The van der Waals surface area contributed by atoms with Gasteiger partial charge in [0.25, 0.3) is 0 Å². The van der Waals surface area contributed by atoms with Gasteiger partial charge in [-0.05, 0) is 42.3 Å². The van der Waals surface area contributed by atoms with E-state index in [1.165, 1.54) is 11.8 Å². The summed E-state index contributed by atoms with van der Waals surface area (Å²) >= 11 is 1.33. The van der Waals surface area contributed by atoms with Gasteiger partial charge in [0, 0.05) is 4.90 Å². The van der Waals surface area contributed by atoms with Crippen molar-refractivity contribution >= 4 is 17.7 Å². The van der Waals surface area contributed by atoms with Crippen molar-refractivity contribution in [2.45, 2.75) is 16.6 Å². The summed E-state index contributed by atoms with van der Waals surface area (Å²) in [5, 5.41) is 8.90. The van der Waals surface area contributed by atoms with Crippen molar-refractivity contribution in [3.05, 3.63) is 54.1 Å². The average Bonchev–Trinajstić information content (AvgIpc) is 2.55. The molecule has 116 valence electrons. The molecule has 0 saturated carbocycles. The van der Waals surface area contributed by atoms with E-state index >= 15 is 0 Å². The number of carboxylic acids is 1. The number of thioether (sulfide) groups is 1. The molecule has 1 atom stereocenters. The third-order valence-corrected chi connectivity index (χ3v) is 4.39. The summed E-state index contributed by atoms with van der Waals surface area (Å²) in [5.74, 6) is 0.504. The maximum atomic E-state index is 11.6. The lowest BCUT2D eigenvalue weighted by Gasteiger charge is -2.15. The van der Waals surface area contributed by atoms with Crippen molar-refractivity contribution in [2.24, 2.45) is 0 Å². The molecule has 2 aromatic rings. The van der Waals surface area contributed by atoms with Gasteiger partial charge < -0.3 is 14.6 Å². The lowest BCUT2D eigenvalue weighted by atomic mass is 10.1. The van der Waals surface area contributed by atoms with E-state index in [0.29, 0.717) is 17.9 Å². The SMILES string of the molecule is COc1ccc(OC)c(CC(Sc2ccccc2)C(=O)O)c1. The minimum Gasteiger partial charge on any atom is -0.497 e. The number of rotatable bonds is 7. The number of hydrogen-bond acceptors (Lipinski definition) is 4. The standard InChI is InChI=1S/C17H18O4S/c1-20-13-8-9-15(21-2)12(10-13)11-16(17(18)19)22-14-6-4-3-5-7-14/h3-10,16H,11H2,1-2H3,(H,18,19). The molecule has 0 radical (unpaired) electrons. The van der Waals surface area contributed by atoms with Crippen LogP contribution in [0.5, 0.6) is 11.5 Å². The van der Waals surface area contributed by atoms with Gasteiger partial charge >= 0.3 is 5.97 Å². The molecule has 0 heterocycles. The first-order valence-corrected chi connectivity index (χ1v) is 7.67. The van der Waals surface area contributed by atoms with Crippen LogP contribution in [0.25, 0.3) is 0 Å². The van der Waals surface area contributed by atoms with Gasteiger partial charge in [0.2, 0.25) is 0 Å². The van der Waals surface area contributed by atoms with E-state index in [-0.39, 0.29) is 0 Å². The second-order valence-electron chi connectivity index (χ2n) is 4.64. The van der Waals surface area contributed by atoms with Crippen LogP contribution in [0, 0.1) is 0 Å². The predicted octanol–water partition coefficient (Wildman–Crippen LogP) is 3.49. The third kappa shape index (κ3) is 4.18. The zero-order valence-corrected chi connectivity index (χ0v) is 13.3. The maximum Gasteiger partial charge on any atom is 0.317 e. The van der Waals surface area contributed by atoms with Crippen LogP contribution >= 0.6 is 11.8 Å². The predicted molar refractivity (Wildman–Crippen MR) is 87.0 cm³/mol. The number of carbonyl (C=O) groups is 1. The molecule has 5 heteroatoms. The van der Waals surface area contributed by atoms with E-state index in [9.17, 15) is 9.90 Å². The molecule has 2 rings (SSSR count). The van der Waals surface area contributed by atoms with E-state index in [1.807, 2.05) is 36.4 Å². The molecule has 1 N–H and O–H groups in total. The highest BCUT2D eigenvalue weighted by molar-refractivity contribution is 8.00. The molecule has 0 amide bonds. The highest BCUT2D eigenvalue weighted by Crippen LogP contribution is 2.31. The Kier molecular flexibility index (Phi) is 5.72. The van der Waals surface area contributed by atoms with Crippen LogP contribution in [0.15, 0.2) is 53.4 Å². The normalized spacial score (nSPS) is 11.7. The van der Waals surface area contributed by atoms with Gasteiger partial charge in [-0.1, -0.05) is 18.2 Å². The molecular weight excluding hydrogens is 300 g/mol. The van der Waals surface area contributed by atoms with Crippen molar-refractivity contribution in [3.63, 3.8) is 0 Å². The fourth-order valence-corrected chi connectivity index (χ4v) is 3.09. The Balaban J connectivity index is 2.22. The van der Waals surface area contributed by atoms with Crippen LogP contribution in [0.1, 0.15) is 5.56 Å². The molecule has 0 aromatic heterocycles. The summed E-state index contributed by atoms with van der Waals surface area (Å²) in [6.45, 7) is 0. The van der Waals surface area contributed by atoms with E-state index in [4.69, 9.17) is 9.47 Å².